The van der Waals surface area contributed by atoms with Crippen LogP contribution in [0.25, 0.3) is 0 Å². The van der Waals surface area contributed by atoms with E-state index < -0.39 is 0 Å². The summed E-state index contributed by atoms with van der Waals surface area (Å²) < 4.78 is 0.198. The van der Waals surface area contributed by atoms with Crippen molar-refractivity contribution in [2.45, 2.75) is 10.6 Å². The normalized spacial score (nSPS) is 10.6. The fraction of sp³-hybridized carbons (Fsp3) is 0.0909. The number of aromatic hydroxyl groups is 1. The van der Waals surface area contributed by atoms with E-state index in [1.54, 1.807) is 28.7 Å². The molecular weight excluding hydrogens is 387 g/mol. The number of halogens is 2. The van der Waals surface area contributed by atoms with Crippen molar-refractivity contribution in [2.75, 3.05) is 0 Å². The van der Waals surface area contributed by atoms with Gasteiger partial charge < -0.3 is 10.1 Å². The minimum absolute atomic E-state index is 0.198. The largest absolute Gasteiger partial charge is 0.492 e. The molecule has 0 amide bonds. The molecule has 0 unspecified atom stereocenters. The smallest absolute Gasteiger partial charge is 0.268 e. The molecule has 94 valence electrons. The van der Waals surface area contributed by atoms with E-state index in [9.17, 15) is 9.90 Å². The molecule has 0 saturated heterocycles. The highest BCUT2D eigenvalue weighted by Gasteiger charge is 2.07. The van der Waals surface area contributed by atoms with Crippen LogP contribution < -0.4 is 5.56 Å². The molecule has 2 N–H and O–H groups in total. The molecule has 0 saturated carbocycles. The predicted molar refractivity (Wildman–Crippen MR) is 80.3 cm³/mol. The Morgan fingerprint density at radius 3 is 2.94 bits per heavy atom. The number of H-pyrrole nitrogens is 1. The molecular formula is C11H8ClIN2O2S. The lowest BCUT2D eigenvalue weighted by atomic mass is 10.4. The van der Waals surface area contributed by atoms with E-state index in [1.165, 1.54) is 11.8 Å². The number of hydrogen-bond acceptors (Lipinski definition) is 4. The molecule has 0 bridgehead atoms. The Hall–Kier alpha value is -0.730. The SMILES string of the molecule is O=c1[nH]c(CSc2cccc(Cl)c2)nc(O)c1I. The minimum atomic E-state index is -0.329. The number of rotatable bonds is 3. The summed E-state index contributed by atoms with van der Waals surface area (Å²) in [4.78, 5) is 18.9. The van der Waals surface area contributed by atoms with Crippen molar-refractivity contribution in [2.24, 2.45) is 0 Å². The van der Waals surface area contributed by atoms with Crippen LogP contribution in [0.2, 0.25) is 5.02 Å². The Morgan fingerprint density at radius 1 is 1.50 bits per heavy atom. The molecule has 1 aromatic heterocycles. The molecule has 0 spiro atoms. The predicted octanol–water partition coefficient (Wildman–Crippen LogP) is 3.03. The Morgan fingerprint density at radius 2 is 2.28 bits per heavy atom. The Kier molecular flexibility index (Phi) is 4.52. The van der Waals surface area contributed by atoms with E-state index in [2.05, 4.69) is 9.97 Å². The second-order valence-electron chi connectivity index (χ2n) is 3.40. The molecule has 0 radical (unpaired) electrons. The third kappa shape index (κ3) is 3.39. The lowest BCUT2D eigenvalue weighted by Crippen LogP contribution is -2.13. The highest BCUT2D eigenvalue weighted by atomic mass is 127. The van der Waals surface area contributed by atoms with E-state index >= 15 is 0 Å². The van der Waals surface area contributed by atoms with Crippen LogP contribution >= 0.6 is 46.0 Å². The molecule has 2 rings (SSSR count). The molecule has 4 nitrogen and oxygen atoms in total. The maximum Gasteiger partial charge on any atom is 0.268 e. The van der Waals surface area contributed by atoms with Gasteiger partial charge in [-0.15, -0.1) is 11.8 Å². The monoisotopic (exact) mass is 394 g/mol. The van der Waals surface area contributed by atoms with Crippen molar-refractivity contribution < 1.29 is 5.11 Å². The van der Waals surface area contributed by atoms with Gasteiger partial charge in [0.05, 0.1) is 5.75 Å². The molecule has 0 aliphatic heterocycles. The number of benzene rings is 1. The summed E-state index contributed by atoms with van der Waals surface area (Å²) in [7, 11) is 0. The van der Waals surface area contributed by atoms with Crippen molar-refractivity contribution >= 4 is 46.0 Å². The Balaban J connectivity index is 2.14. The first-order valence-electron chi connectivity index (χ1n) is 4.92. The van der Waals surface area contributed by atoms with Crippen molar-refractivity contribution in [1.82, 2.24) is 9.97 Å². The second kappa shape index (κ2) is 5.94. The van der Waals surface area contributed by atoms with Gasteiger partial charge in [-0.3, -0.25) is 4.79 Å². The second-order valence-corrected chi connectivity index (χ2v) is 5.96. The number of hydrogen-bond donors (Lipinski definition) is 2. The zero-order valence-electron chi connectivity index (χ0n) is 8.98. The van der Waals surface area contributed by atoms with Crippen molar-refractivity contribution in [3.05, 3.63) is 49.0 Å². The molecule has 0 fully saturated rings. The number of aromatic nitrogens is 2. The lowest BCUT2D eigenvalue weighted by molar-refractivity contribution is 0.444. The van der Waals surface area contributed by atoms with Gasteiger partial charge in [0.25, 0.3) is 5.56 Å². The summed E-state index contributed by atoms with van der Waals surface area (Å²) in [6, 6.07) is 7.40. The quantitative estimate of drug-likeness (QED) is 0.620. The van der Waals surface area contributed by atoms with Gasteiger partial charge in [-0.1, -0.05) is 17.7 Å². The van der Waals surface area contributed by atoms with Crippen molar-refractivity contribution in [3.63, 3.8) is 0 Å². The highest BCUT2D eigenvalue weighted by Crippen LogP contribution is 2.24. The zero-order chi connectivity index (χ0) is 13.1. The van der Waals surface area contributed by atoms with Crippen LogP contribution in [0.3, 0.4) is 0 Å². The summed E-state index contributed by atoms with van der Waals surface area (Å²) in [6.07, 6.45) is 0. The van der Waals surface area contributed by atoms with Gasteiger partial charge >= 0.3 is 0 Å². The first-order valence-corrected chi connectivity index (χ1v) is 7.36. The molecule has 1 aromatic carbocycles. The third-order valence-corrected chi connectivity index (χ3v) is 4.28. The summed E-state index contributed by atoms with van der Waals surface area (Å²) in [5, 5.41) is 10.1. The topological polar surface area (TPSA) is 66.0 Å². The molecule has 0 aliphatic rings. The number of nitrogens with zero attached hydrogens (tertiary/aromatic N) is 1. The van der Waals surface area contributed by atoms with Crippen LogP contribution in [-0.2, 0) is 5.75 Å². The first kappa shape index (κ1) is 13.7. The first-order chi connectivity index (χ1) is 8.56. The molecule has 0 atom stereocenters. The standard InChI is InChI=1S/C11H8ClIN2O2S/c12-6-2-1-3-7(4-6)18-5-8-14-10(16)9(13)11(17)15-8/h1-4H,5H2,(H2,14,15,16,17). The third-order valence-electron chi connectivity index (χ3n) is 2.07. The van der Waals surface area contributed by atoms with Crippen molar-refractivity contribution in [1.29, 1.82) is 0 Å². The fourth-order valence-corrected chi connectivity index (χ4v) is 2.60. The van der Waals surface area contributed by atoms with E-state index in [-0.39, 0.29) is 15.0 Å². The van der Waals surface area contributed by atoms with Crippen LogP contribution in [0, 0.1) is 3.57 Å². The fourth-order valence-electron chi connectivity index (χ4n) is 1.27. The lowest BCUT2D eigenvalue weighted by Gasteiger charge is -2.03. The van der Waals surface area contributed by atoms with Crippen LogP contribution in [0.5, 0.6) is 5.88 Å². The van der Waals surface area contributed by atoms with Gasteiger partial charge in [0, 0.05) is 9.92 Å². The van der Waals surface area contributed by atoms with Gasteiger partial charge in [0.1, 0.15) is 9.39 Å². The Labute approximate surface area is 126 Å². The van der Waals surface area contributed by atoms with Gasteiger partial charge in [-0.05, 0) is 40.8 Å². The summed E-state index contributed by atoms with van der Waals surface area (Å²) in [6.45, 7) is 0. The highest BCUT2D eigenvalue weighted by molar-refractivity contribution is 14.1. The van der Waals surface area contributed by atoms with E-state index in [4.69, 9.17) is 11.6 Å². The molecule has 18 heavy (non-hydrogen) atoms. The average molecular weight is 395 g/mol. The average Bonchev–Trinajstić information content (AvgIpc) is 2.33. The minimum Gasteiger partial charge on any atom is -0.492 e. The van der Waals surface area contributed by atoms with Crippen LogP contribution in [-0.4, -0.2) is 15.1 Å². The van der Waals surface area contributed by atoms with Crippen LogP contribution in [0.15, 0.2) is 34.0 Å². The summed E-state index contributed by atoms with van der Waals surface area (Å²) >= 11 is 9.10. The van der Waals surface area contributed by atoms with Gasteiger partial charge in [-0.2, -0.15) is 4.98 Å². The van der Waals surface area contributed by atoms with Gasteiger partial charge in [-0.25, -0.2) is 0 Å². The van der Waals surface area contributed by atoms with Crippen LogP contribution in [0.1, 0.15) is 5.82 Å². The Bertz CT molecular complexity index is 633. The van der Waals surface area contributed by atoms with E-state index in [1.807, 2.05) is 18.2 Å². The van der Waals surface area contributed by atoms with Crippen LogP contribution in [0.4, 0.5) is 0 Å². The van der Waals surface area contributed by atoms with E-state index in [0.29, 0.717) is 16.6 Å². The maximum absolute atomic E-state index is 11.4. The van der Waals surface area contributed by atoms with E-state index in [0.717, 1.165) is 4.90 Å². The number of aromatic amines is 1. The molecule has 0 aliphatic carbocycles. The maximum atomic E-state index is 11.4. The number of nitrogens with one attached hydrogen (secondary N) is 1. The number of thioether (sulfide) groups is 1. The van der Waals surface area contributed by atoms with Gasteiger partial charge in [0.15, 0.2) is 0 Å². The van der Waals surface area contributed by atoms with Gasteiger partial charge in [0.2, 0.25) is 5.88 Å². The summed E-state index contributed by atoms with van der Waals surface area (Å²) in [5.41, 5.74) is -0.329. The molecule has 7 heteroatoms. The molecule has 2 aromatic rings. The zero-order valence-corrected chi connectivity index (χ0v) is 12.7. The molecule has 1 heterocycles. The van der Waals surface area contributed by atoms with Crippen molar-refractivity contribution in [3.8, 4) is 5.88 Å². The summed E-state index contributed by atoms with van der Waals surface area (Å²) in [5.74, 6) is 0.656.